The van der Waals surface area contributed by atoms with Gasteiger partial charge in [-0.2, -0.15) is 0 Å². The molecule has 198 valence electrons. The maximum Gasteiger partial charge on any atom is 0.128 e. The number of ether oxygens (including phenoxy) is 1. The van der Waals surface area contributed by atoms with E-state index in [0.29, 0.717) is 29.5 Å². The van der Waals surface area contributed by atoms with Gasteiger partial charge in [0, 0.05) is 43.4 Å². The van der Waals surface area contributed by atoms with E-state index in [1.165, 1.54) is 11.6 Å². The Balaban J connectivity index is 1.53. The highest BCUT2D eigenvalue weighted by Crippen LogP contribution is 2.30. The van der Waals surface area contributed by atoms with E-state index in [2.05, 4.69) is 58.3 Å². The molecule has 0 unspecified atom stereocenters. The minimum Gasteiger partial charge on any atom is -0.383 e. The largest absolute Gasteiger partial charge is 0.383 e. The van der Waals surface area contributed by atoms with E-state index in [9.17, 15) is 4.39 Å². The highest BCUT2D eigenvalue weighted by molar-refractivity contribution is 6.30. The van der Waals surface area contributed by atoms with Gasteiger partial charge in [0.25, 0.3) is 0 Å². The van der Waals surface area contributed by atoms with Gasteiger partial charge >= 0.3 is 0 Å². The number of halogens is 2. The molecule has 3 rings (SSSR count). The molecule has 2 aromatic rings. The maximum atomic E-state index is 14.0. The summed E-state index contributed by atoms with van der Waals surface area (Å²) >= 11 is 5.83. The number of rotatable bonds is 13. The number of benzene rings is 2. The molecule has 0 saturated carbocycles. The van der Waals surface area contributed by atoms with Gasteiger partial charge in [0.2, 0.25) is 0 Å². The van der Waals surface area contributed by atoms with Crippen LogP contribution in [0.1, 0.15) is 24.0 Å². The van der Waals surface area contributed by atoms with Gasteiger partial charge in [0.1, 0.15) is 5.82 Å². The number of aryl methyl sites for hydroxylation is 1. The molecule has 2 aromatic carbocycles. The number of hydrogen-bond donors (Lipinski definition) is 0. The Morgan fingerprint density at radius 3 is 2.65 bits per heavy atom. The molecule has 37 heavy (non-hydrogen) atoms. The lowest BCUT2D eigenvalue weighted by Crippen LogP contribution is -2.41. The fraction of sp³-hybridized carbons (Fsp3) is 0.400. The topological polar surface area (TPSA) is 40.4 Å². The molecule has 0 atom stereocenters. The maximum absolute atomic E-state index is 14.0. The van der Waals surface area contributed by atoms with E-state index >= 15 is 0 Å². The summed E-state index contributed by atoms with van der Waals surface area (Å²) in [7, 11) is 1.73. The Morgan fingerprint density at radius 1 is 1.19 bits per heavy atom. The van der Waals surface area contributed by atoms with Crippen molar-refractivity contribution in [3.8, 4) is 0 Å². The van der Waals surface area contributed by atoms with Crippen molar-refractivity contribution < 1.29 is 9.13 Å². The number of aliphatic imine (C=N–C) groups is 2. The summed E-state index contributed by atoms with van der Waals surface area (Å²) < 4.78 is 19.3. The van der Waals surface area contributed by atoms with Gasteiger partial charge in [-0.05, 0) is 94.2 Å². The first-order valence-electron chi connectivity index (χ1n) is 12.8. The molecule has 0 radical (unpaired) electrons. The second kappa shape index (κ2) is 14.8. The van der Waals surface area contributed by atoms with Crippen molar-refractivity contribution in [1.82, 2.24) is 4.90 Å². The Bertz CT molecular complexity index is 1110. The predicted molar refractivity (Wildman–Crippen MR) is 156 cm³/mol. The molecule has 1 heterocycles. The highest BCUT2D eigenvalue weighted by atomic mass is 35.5. The molecule has 0 spiro atoms. The van der Waals surface area contributed by atoms with E-state index in [0.717, 1.165) is 62.6 Å². The van der Waals surface area contributed by atoms with Gasteiger partial charge in [-0.3, -0.25) is 9.98 Å². The molecule has 5 nitrogen and oxygen atoms in total. The van der Waals surface area contributed by atoms with Gasteiger partial charge in [-0.25, -0.2) is 4.39 Å². The number of piperidine rings is 1. The van der Waals surface area contributed by atoms with Crippen LogP contribution in [0.4, 0.5) is 15.8 Å². The van der Waals surface area contributed by atoms with Crippen LogP contribution in [0, 0.1) is 18.7 Å². The third kappa shape index (κ3) is 8.63. The summed E-state index contributed by atoms with van der Waals surface area (Å²) in [6.07, 6.45) is 8.48. The van der Waals surface area contributed by atoms with Crippen molar-refractivity contribution in [1.29, 1.82) is 0 Å². The normalized spacial score (nSPS) is 15.3. The van der Waals surface area contributed by atoms with Crippen LogP contribution >= 0.6 is 11.6 Å². The minimum atomic E-state index is -0.282. The van der Waals surface area contributed by atoms with Crippen LogP contribution in [0.2, 0.25) is 5.02 Å². The molecule has 0 aliphatic carbocycles. The Hall–Kier alpha value is -2.80. The molecule has 1 fully saturated rings. The SMILES string of the molecule is C=N/C(=C\C=C/Cc1ccc(Cl)cc1F)C1CCN(CCN(CCOC)c2ccc(C)cc2N=C)CC1. The third-order valence-corrected chi connectivity index (χ3v) is 7.07. The zero-order chi connectivity index (χ0) is 26.6. The second-order valence-corrected chi connectivity index (χ2v) is 9.80. The number of anilines is 1. The van der Waals surface area contributed by atoms with Crippen molar-refractivity contribution in [2.24, 2.45) is 15.9 Å². The number of methoxy groups -OCH3 is 1. The van der Waals surface area contributed by atoms with Crippen LogP contribution in [0.15, 0.2) is 70.3 Å². The summed E-state index contributed by atoms with van der Waals surface area (Å²) in [4.78, 5) is 13.4. The molecule has 1 aliphatic heterocycles. The van der Waals surface area contributed by atoms with Gasteiger partial charge in [-0.15, -0.1) is 0 Å². The molecule has 1 saturated heterocycles. The van der Waals surface area contributed by atoms with E-state index in [1.807, 2.05) is 18.2 Å². The first-order valence-corrected chi connectivity index (χ1v) is 13.1. The van der Waals surface area contributed by atoms with Crippen molar-refractivity contribution in [3.05, 3.63) is 82.3 Å². The number of hydrogen-bond acceptors (Lipinski definition) is 5. The fourth-order valence-corrected chi connectivity index (χ4v) is 4.82. The lowest BCUT2D eigenvalue weighted by Gasteiger charge is -2.34. The average Bonchev–Trinajstić information content (AvgIpc) is 2.90. The van der Waals surface area contributed by atoms with Gasteiger partial charge in [0.05, 0.1) is 18.0 Å². The molecular weight excluding hydrogens is 487 g/mol. The smallest absolute Gasteiger partial charge is 0.128 e. The minimum absolute atomic E-state index is 0.282. The van der Waals surface area contributed by atoms with Gasteiger partial charge in [-0.1, -0.05) is 35.9 Å². The molecule has 0 N–H and O–H groups in total. The van der Waals surface area contributed by atoms with Crippen LogP contribution in [-0.2, 0) is 11.2 Å². The highest BCUT2D eigenvalue weighted by Gasteiger charge is 2.22. The molecular formula is C30H38ClFN4O. The fourth-order valence-electron chi connectivity index (χ4n) is 4.66. The van der Waals surface area contributed by atoms with E-state index in [4.69, 9.17) is 16.3 Å². The summed E-state index contributed by atoms with van der Waals surface area (Å²) in [6.45, 7) is 15.0. The van der Waals surface area contributed by atoms with E-state index in [-0.39, 0.29) is 5.82 Å². The first-order chi connectivity index (χ1) is 17.9. The monoisotopic (exact) mass is 524 g/mol. The lowest BCUT2D eigenvalue weighted by atomic mass is 9.93. The average molecular weight is 525 g/mol. The summed E-state index contributed by atoms with van der Waals surface area (Å²) in [5.41, 5.74) is 4.80. The summed E-state index contributed by atoms with van der Waals surface area (Å²) in [6, 6.07) is 11.1. The van der Waals surface area contributed by atoms with Crippen LogP contribution in [0.5, 0.6) is 0 Å². The van der Waals surface area contributed by atoms with E-state index < -0.39 is 0 Å². The van der Waals surface area contributed by atoms with Gasteiger partial charge < -0.3 is 14.5 Å². The Labute approximate surface area is 226 Å². The van der Waals surface area contributed by atoms with Crippen molar-refractivity contribution in [2.45, 2.75) is 26.2 Å². The molecule has 0 bridgehead atoms. The van der Waals surface area contributed by atoms with Crippen molar-refractivity contribution in [2.75, 3.05) is 51.3 Å². The van der Waals surface area contributed by atoms with Crippen LogP contribution in [-0.4, -0.2) is 64.8 Å². The summed E-state index contributed by atoms with van der Waals surface area (Å²) in [5, 5.41) is 0.408. The summed E-state index contributed by atoms with van der Waals surface area (Å²) in [5.74, 6) is 0.0969. The first kappa shape index (κ1) is 28.8. The molecule has 7 heteroatoms. The van der Waals surface area contributed by atoms with E-state index in [1.54, 1.807) is 19.2 Å². The molecule has 0 amide bonds. The van der Waals surface area contributed by atoms with Gasteiger partial charge in [0.15, 0.2) is 0 Å². The quantitative estimate of drug-likeness (QED) is 0.217. The number of allylic oxidation sites excluding steroid dienone is 4. The zero-order valence-electron chi connectivity index (χ0n) is 22.0. The van der Waals surface area contributed by atoms with Crippen molar-refractivity contribution >= 4 is 36.4 Å². The number of nitrogens with zero attached hydrogens (tertiary/aromatic N) is 4. The Morgan fingerprint density at radius 2 is 1.97 bits per heavy atom. The third-order valence-electron chi connectivity index (χ3n) is 6.84. The predicted octanol–water partition coefficient (Wildman–Crippen LogP) is 6.67. The van der Waals surface area contributed by atoms with Crippen LogP contribution < -0.4 is 4.90 Å². The molecule has 1 aliphatic rings. The lowest BCUT2D eigenvalue weighted by molar-refractivity contribution is 0.192. The number of likely N-dealkylation sites (tertiary alicyclic amines) is 1. The van der Waals surface area contributed by atoms with Crippen LogP contribution in [0.25, 0.3) is 0 Å². The molecule has 0 aromatic heterocycles. The van der Waals surface area contributed by atoms with Crippen LogP contribution in [0.3, 0.4) is 0 Å². The zero-order valence-corrected chi connectivity index (χ0v) is 22.8. The Kier molecular flexibility index (Phi) is 11.5. The van der Waals surface area contributed by atoms with Crippen molar-refractivity contribution in [3.63, 3.8) is 0 Å². The second-order valence-electron chi connectivity index (χ2n) is 9.36. The standard InChI is InChI=1S/C30H38ClFN4O/c1-23-9-12-30(29(21-23)34-3)36(19-20-37-4)18-17-35-15-13-25(14-16-35)28(33-2)8-6-5-7-24-10-11-26(31)22-27(24)32/h5-6,8-12,21-22,25H,2-3,7,13-20H2,1,4H3/b6-5-,28-8-.